The third kappa shape index (κ3) is 9.74. The molecule has 3 heterocycles. The number of benzene rings is 1. The molecule has 39 heavy (non-hydrogen) atoms. The van der Waals surface area contributed by atoms with E-state index in [1.165, 1.54) is 0 Å². The van der Waals surface area contributed by atoms with Gasteiger partial charge in [-0.25, -0.2) is 0 Å². The maximum absolute atomic E-state index is 13.5. The van der Waals surface area contributed by atoms with Crippen LogP contribution >= 0.6 is 0 Å². The topological polar surface area (TPSA) is 139 Å². The predicted octanol–water partition coefficient (Wildman–Crippen LogP) is 0.303. The molecule has 11 heteroatoms. The van der Waals surface area contributed by atoms with Gasteiger partial charge in [0.05, 0.1) is 6.61 Å². The van der Waals surface area contributed by atoms with Crippen molar-refractivity contribution in [1.29, 1.82) is 0 Å². The number of pyridine rings is 1. The zero-order chi connectivity index (χ0) is 28.2. The molecule has 3 amide bonds. The fraction of sp³-hybridized carbons (Fsp3) is 0.464. The summed E-state index contributed by atoms with van der Waals surface area (Å²) in [5, 5.41) is 19.2. The molecule has 2 aromatic rings. The van der Waals surface area contributed by atoms with Crippen LogP contribution in [0.4, 0.5) is 0 Å². The standard InChI is InChI=1S/C27H35N4O6.CH2.In/c1-18(2)24-27(35)28-12-13-36-14-15-37-21-10-9-20(29-17-21)16-22(25(33)31-24)30-26(34)23(32)11-8-19-6-4-3-5-7-19;;/h3-7,9-11,17-18,22-24,32H,8,12-16H2,1-2H3,(H,28,35)(H,30,34)(H,31,33);1H2;/t22?,23-,24?;;/m1../s1. The number of nitrogens with zero attached hydrogens (tertiary/aromatic N) is 1. The average molecular weight is 640 g/mol. The van der Waals surface area contributed by atoms with Crippen molar-refractivity contribution in [1.82, 2.24) is 20.9 Å². The van der Waals surface area contributed by atoms with Gasteiger partial charge in [0, 0.05) is 0 Å². The van der Waals surface area contributed by atoms with E-state index >= 15 is 0 Å². The van der Waals surface area contributed by atoms with Crippen LogP contribution in [0.3, 0.4) is 0 Å². The number of nitrogens with one attached hydrogen (secondary N) is 3. The van der Waals surface area contributed by atoms with Crippen molar-refractivity contribution in [3.05, 3.63) is 59.9 Å². The number of fused-ring (bicyclic) bond motifs is 14. The second-order valence-corrected chi connectivity index (χ2v) is 13.6. The Morgan fingerprint density at radius 2 is 1.92 bits per heavy atom. The number of aromatic nitrogens is 1. The van der Waals surface area contributed by atoms with Crippen molar-refractivity contribution in [2.24, 2.45) is 5.92 Å². The van der Waals surface area contributed by atoms with Gasteiger partial charge in [0.25, 0.3) is 0 Å². The van der Waals surface area contributed by atoms with Crippen LogP contribution in [-0.4, -0.2) is 99.0 Å². The molecular weight excluding hydrogens is 603 g/mol. The second-order valence-electron chi connectivity index (χ2n) is 9.77. The van der Waals surface area contributed by atoms with Gasteiger partial charge in [-0.05, 0) is 0 Å². The molecular formula is C28H37InN4O6. The number of aliphatic hydroxyl groups excluding tert-OH is 1. The molecule has 10 nitrogen and oxygen atoms in total. The summed E-state index contributed by atoms with van der Waals surface area (Å²) >= 11 is -1.51. The molecule has 0 saturated heterocycles. The summed E-state index contributed by atoms with van der Waals surface area (Å²) in [6.45, 7) is 4.89. The first-order valence-electron chi connectivity index (χ1n) is 13.2. The first kappa shape index (κ1) is 30.8. The van der Waals surface area contributed by atoms with E-state index in [1.807, 2.05) is 44.2 Å². The number of rotatable bonds is 7. The molecule has 3 unspecified atom stereocenters. The number of amides is 3. The van der Waals surface area contributed by atoms with E-state index < -0.39 is 52.4 Å². The summed E-state index contributed by atoms with van der Waals surface area (Å²) in [6, 6.07) is 11.2. The summed E-state index contributed by atoms with van der Waals surface area (Å²) in [5.74, 6) is -1.18. The fourth-order valence-corrected chi connectivity index (χ4v) is 6.65. The van der Waals surface area contributed by atoms with E-state index in [9.17, 15) is 19.5 Å². The minimum absolute atomic E-state index is 0.0650. The number of aliphatic hydroxyl groups is 1. The Bertz CT molecular complexity index is 1100. The van der Waals surface area contributed by atoms with E-state index in [1.54, 1.807) is 18.3 Å². The summed E-state index contributed by atoms with van der Waals surface area (Å²) in [4.78, 5) is 43.9. The molecule has 1 aromatic carbocycles. The van der Waals surface area contributed by atoms with Crippen molar-refractivity contribution in [2.75, 3.05) is 26.4 Å². The molecule has 0 saturated carbocycles. The van der Waals surface area contributed by atoms with E-state index in [-0.39, 0.29) is 28.5 Å². The van der Waals surface area contributed by atoms with Gasteiger partial charge >= 0.3 is 229 Å². The molecule has 4 atom stereocenters. The zero-order valence-electron chi connectivity index (χ0n) is 22.5. The molecule has 0 fully saturated rings. The number of carbonyl (C=O) groups is 3. The molecule has 208 valence electrons. The second kappa shape index (κ2) is 15.7. The van der Waals surface area contributed by atoms with Gasteiger partial charge in [-0.2, -0.15) is 0 Å². The number of hydrogen-bond donors (Lipinski definition) is 4. The first-order chi connectivity index (χ1) is 18.8. The molecule has 0 aliphatic carbocycles. The molecule has 0 radical (unpaired) electrons. The van der Waals surface area contributed by atoms with E-state index in [0.29, 0.717) is 37.7 Å². The third-order valence-electron chi connectivity index (χ3n) is 6.42. The van der Waals surface area contributed by atoms with Gasteiger partial charge in [-0.1, -0.05) is 0 Å². The Morgan fingerprint density at radius 3 is 2.59 bits per heavy atom. The van der Waals surface area contributed by atoms with Crippen LogP contribution in [0.25, 0.3) is 0 Å². The molecule has 2 aliphatic rings. The zero-order valence-corrected chi connectivity index (χ0v) is 25.8. The summed E-state index contributed by atoms with van der Waals surface area (Å²) in [6.07, 6.45) is 0.857. The summed E-state index contributed by atoms with van der Waals surface area (Å²) in [7, 11) is 0. The van der Waals surface area contributed by atoms with Crippen LogP contribution in [0.1, 0.15) is 25.1 Å². The Kier molecular flexibility index (Phi) is 12.4. The average Bonchev–Trinajstić information content (AvgIpc) is 2.94. The van der Waals surface area contributed by atoms with Gasteiger partial charge in [0.2, 0.25) is 0 Å². The minimum atomic E-state index is -1.51. The Hall–Kier alpha value is -2.76. The quantitative estimate of drug-likeness (QED) is 0.320. The van der Waals surface area contributed by atoms with Crippen LogP contribution in [0.5, 0.6) is 5.75 Å². The van der Waals surface area contributed by atoms with Crippen molar-refractivity contribution >= 4 is 44.4 Å². The van der Waals surface area contributed by atoms with Gasteiger partial charge in [-0.15, -0.1) is 0 Å². The number of hydrogen-bond acceptors (Lipinski definition) is 7. The molecule has 1 aromatic heterocycles. The van der Waals surface area contributed by atoms with Gasteiger partial charge in [-0.3, -0.25) is 0 Å². The van der Waals surface area contributed by atoms with E-state index in [0.717, 1.165) is 5.56 Å². The fourth-order valence-electron chi connectivity index (χ4n) is 4.16. The van der Waals surface area contributed by atoms with Crippen LogP contribution in [0, 0.1) is 5.92 Å². The maximum atomic E-state index is 13.5. The molecule has 0 spiro atoms. The van der Waals surface area contributed by atoms with Gasteiger partial charge in [0.15, 0.2) is 0 Å². The Labute approximate surface area is 240 Å². The van der Waals surface area contributed by atoms with Crippen molar-refractivity contribution in [2.45, 2.75) is 48.6 Å². The normalized spacial score (nSPS) is 20.5. The van der Waals surface area contributed by atoms with Crippen LogP contribution < -0.4 is 20.7 Å². The molecule has 2 bridgehead atoms. The van der Waals surface area contributed by atoms with Crippen molar-refractivity contribution in [3.8, 4) is 5.75 Å². The van der Waals surface area contributed by atoms with Gasteiger partial charge in [0.1, 0.15) is 0 Å². The van der Waals surface area contributed by atoms with Crippen LogP contribution in [-0.2, 0) is 32.0 Å². The summed E-state index contributed by atoms with van der Waals surface area (Å²) in [5.41, 5.74) is 1.56. The van der Waals surface area contributed by atoms with Crippen molar-refractivity contribution in [3.63, 3.8) is 0 Å². The van der Waals surface area contributed by atoms with Crippen molar-refractivity contribution < 1.29 is 29.0 Å². The van der Waals surface area contributed by atoms with E-state index in [4.69, 9.17) is 9.47 Å². The third-order valence-corrected chi connectivity index (χ3v) is 9.87. The SMILES string of the molecule is [CH2]=[In][CH](Cc1ccccc1)[C@@H](O)C(=O)NC1Cc2ccc(cn2)OCCOCCNC(=O)C(C(C)C)NC1=O. The monoisotopic (exact) mass is 640 g/mol. The Morgan fingerprint density at radius 1 is 1.15 bits per heavy atom. The molecule has 4 N–H and O–H groups in total. The molecule has 4 rings (SSSR count). The van der Waals surface area contributed by atoms with Crippen LogP contribution in [0.15, 0.2) is 48.7 Å². The number of ether oxygens (including phenoxy) is 2. The first-order valence-corrected chi connectivity index (χ1v) is 17.4. The van der Waals surface area contributed by atoms with Crippen LogP contribution in [0.2, 0.25) is 3.67 Å². The molecule has 2 aliphatic heterocycles. The van der Waals surface area contributed by atoms with Gasteiger partial charge < -0.3 is 4.74 Å². The van der Waals surface area contributed by atoms with E-state index in [2.05, 4.69) is 25.2 Å². The summed E-state index contributed by atoms with van der Waals surface area (Å²) < 4.78 is 15.0. The number of carbonyl (C=O) groups excluding carboxylic acids is 3. The predicted molar refractivity (Wildman–Crippen MR) is 149 cm³/mol. The Balaban J connectivity index is 1.81.